The molecule has 10 nitrogen and oxygen atoms in total. The summed E-state index contributed by atoms with van der Waals surface area (Å²) in [6.07, 6.45) is 78.7. The quantitative estimate of drug-likeness (QED) is 0.0160. The van der Waals surface area contributed by atoms with Crippen LogP contribution in [0.2, 0.25) is 20.1 Å². The highest BCUT2D eigenvalue weighted by molar-refractivity contribution is 6.57. The molecule has 4 unspecified atom stereocenters. The van der Waals surface area contributed by atoms with Gasteiger partial charge in [0.2, 0.25) is 0 Å². The monoisotopic (exact) mass is 1890 g/mol. The number of nitrogens with zero attached hydrogens (tertiary/aromatic N) is 2. The van der Waals surface area contributed by atoms with Crippen molar-refractivity contribution < 1.29 is 38.1 Å². The second-order valence-corrected chi connectivity index (χ2v) is 42.3. The highest BCUT2D eigenvalue weighted by Gasteiger charge is 2.42. The number of amides is 4. The van der Waals surface area contributed by atoms with Gasteiger partial charge in [-0.2, -0.15) is 0 Å². The standard InChI is InChI=1S/C118H178Cl4N2O8/c1-11-19-27-35-43-47-55-63-71-89(67-59-51-39-31-23-15-5)83-129-103-75-87(9)101(81-105(103)131-85-91(69-61-53-41-33-25-17-7)73-65-57-49-45-37-29-21-13-3)123-115(125)93-77-97(119)109-111-99(121)79-95-108-96(80-100(122)112(114(108)111)110-98(120)78-94(116(123)126)107(93)113(109)110)118(128)124(117(95)127)102-82-106(132-86-92(70-62-54-42-34-26-18-8)74-66-58-50-46-38-30-22-14-4)104(76-88(102)10)130-84-90(68-60-52-40-32-24-16-6)72-64-56-48-44-36-28-20-12-2/h75-82,89-92H,11-74,83-86H2,1-10H3. The smallest absolute Gasteiger partial charge is 0.266 e. The van der Waals surface area contributed by atoms with E-state index in [-0.39, 0.29) is 42.3 Å². The third kappa shape index (κ3) is 33.4. The maximum atomic E-state index is 16.1. The van der Waals surface area contributed by atoms with E-state index in [4.69, 9.17) is 65.4 Å². The SMILES string of the molecule is CCCCCCCCCCC(CCCCCCCC)COc1cc(C)c(N2C(=O)c3cc(Cl)c4c5c(Cl)cc6c7c(cc(Cl)c(c8c(Cl)cc(c3c48)C2=O)c75)C(=O)N(c2cc(OCC(CCCCCCCC)CCCCCCCCCC)c(OCC(CCCCCCCC)CCCCCCCCCC)cc2C)C6=O)cc1OCC(CCCCCCCC)CCCCCCCCCC. The molecule has 0 spiro atoms. The number of unbranched alkanes of at least 4 members (excludes halogenated alkanes) is 48. The van der Waals surface area contributed by atoms with Crippen LogP contribution in [-0.4, -0.2) is 50.1 Å². The summed E-state index contributed by atoms with van der Waals surface area (Å²) >= 11 is 31.2. The lowest BCUT2D eigenvalue weighted by molar-refractivity contribution is 0.0877. The van der Waals surface area contributed by atoms with Crippen LogP contribution in [0.4, 0.5) is 11.4 Å². The lowest BCUT2D eigenvalue weighted by Crippen LogP contribution is -2.41. The van der Waals surface area contributed by atoms with E-state index in [9.17, 15) is 0 Å². The molecule has 14 heteroatoms. The largest absolute Gasteiger partial charge is 0.489 e. The van der Waals surface area contributed by atoms with Crippen LogP contribution in [0.25, 0.3) is 43.1 Å². The molecule has 2 heterocycles. The third-order valence-electron chi connectivity index (χ3n) is 29.5. The molecule has 2 aliphatic rings. The van der Waals surface area contributed by atoms with Gasteiger partial charge in [-0.05, 0) is 136 Å². The molecule has 0 aromatic heterocycles. The first-order valence-electron chi connectivity index (χ1n) is 55.1. The van der Waals surface area contributed by atoms with Crippen LogP contribution < -0.4 is 28.7 Å². The van der Waals surface area contributed by atoms with Gasteiger partial charge in [0.1, 0.15) is 0 Å². The number of aryl methyl sites for hydroxylation is 2. The van der Waals surface area contributed by atoms with Crippen LogP contribution in [0.3, 0.4) is 0 Å². The van der Waals surface area contributed by atoms with Crippen molar-refractivity contribution in [3.63, 3.8) is 0 Å². The number of carbonyl (C=O) groups is 4. The molecule has 736 valence electrons. The number of anilines is 2. The van der Waals surface area contributed by atoms with Gasteiger partial charge in [0.25, 0.3) is 23.6 Å². The van der Waals surface area contributed by atoms with Gasteiger partial charge in [-0.1, -0.05) is 461 Å². The Morgan fingerprint density at radius 1 is 0.212 bits per heavy atom. The van der Waals surface area contributed by atoms with Crippen LogP contribution in [0.5, 0.6) is 23.0 Å². The molecule has 7 aromatic rings. The summed E-state index contributed by atoms with van der Waals surface area (Å²) in [7, 11) is 0. The number of rotatable bonds is 78. The molecule has 0 saturated heterocycles. The van der Waals surface area contributed by atoms with E-state index >= 15 is 19.2 Å². The van der Waals surface area contributed by atoms with Gasteiger partial charge in [-0.3, -0.25) is 19.2 Å². The van der Waals surface area contributed by atoms with Gasteiger partial charge in [-0.15, -0.1) is 0 Å². The number of benzene rings is 7. The second-order valence-electron chi connectivity index (χ2n) is 40.7. The summed E-state index contributed by atoms with van der Waals surface area (Å²) in [6.45, 7) is 24.2. The Balaban J connectivity index is 1.08. The average Bonchev–Trinajstić information content (AvgIpc) is 0.673. The van der Waals surface area contributed by atoms with Crippen LogP contribution >= 0.6 is 46.4 Å². The molecule has 0 bridgehead atoms. The molecule has 7 aromatic carbocycles. The maximum absolute atomic E-state index is 16.1. The summed E-state index contributed by atoms with van der Waals surface area (Å²) in [5.74, 6) is 1.46. The Morgan fingerprint density at radius 3 is 0.545 bits per heavy atom. The second kappa shape index (κ2) is 62.4. The number of hydrogen-bond acceptors (Lipinski definition) is 8. The first kappa shape index (κ1) is 110. The minimum absolute atomic E-state index is 0.174. The Labute approximate surface area is 821 Å². The van der Waals surface area contributed by atoms with Crippen LogP contribution in [0.15, 0.2) is 48.5 Å². The first-order chi connectivity index (χ1) is 64.5. The number of fused-ring (bicyclic) bond motifs is 2. The molecule has 9 rings (SSSR count). The molecule has 4 amide bonds. The van der Waals surface area contributed by atoms with E-state index in [1.54, 1.807) is 24.3 Å². The molecule has 0 N–H and O–H groups in total. The van der Waals surface area contributed by atoms with Crippen molar-refractivity contribution in [2.75, 3.05) is 36.2 Å². The highest BCUT2D eigenvalue weighted by Crippen LogP contribution is 2.56. The minimum atomic E-state index is -0.557. The van der Waals surface area contributed by atoms with Gasteiger partial charge in [-0.25, -0.2) is 9.80 Å². The van der Waals surface area contributed by atoms with Crippen LogP contribution in [0.1, 0.15) is 519 Å². The zero-order chi connectivity index (χ0) is 94.2. The van der Waals surface area contributed by atoms with Crippen molar-refractivity contribution in [1.29, 1.82) is 0 Å². The number of hydrogen-bond donors (Lipinski definition) is 0. The molecule has 0 aliphatic carbocycles. The number of carbonyl (C=O) groups excluding carboxylic acids is 4. The van der Waals surface area contributed by atoms with E-state index in [1.807, 2.05) is 38.1 Å². The van der Waals surface area contributed by atoms with E-state index in [2.05, 4.69) is 55.4 Å². The fraction of sp³-hybridized carbons (Fsp3) is 0.695. The van der Waals surface area contributed by atoms with E-state index < -0.39 is 23.6 Å². The van der Waals surface area contributed by atoms with Gasteiger partial charge in [0, 0.05) is 75.3 Å². The lowest BCUT2D eigenvalue weighted by Gasteiger charge is -2.32. The van der Waals surface area contributed by atoms with E-state index in [0.717, 1.165) is 77.0 Å². The summed E-state index contributed by atoms with van der Waals surface area (Å²) in [5.41, 5.74) is 2.97. The topological polar surface area (TPSA) is 112 Å². The van der Waals surface area contributed by atoms with Crippen molar-refractivity contribution in [3.8, 4) is 23.0 Å². The summed E-state index contributed by atoms with van der Waals surface area (Å²) in [5, 5.41) is 4.01. The predicted molar refractivity (Wildman–Crippen MR) is 569 cm³/mol. The number of ether oxygens (including phenoxy) is 4. The van der Waals surface area contributed by atoms with Crippen molar-refractivity contribution >= 4 is 124 Å². The van der Waals surface area contributed by atoms with Gasteiger partial charge in [0.05, 0.1) is 60.1 Å². The minimum Gasteiger partial charge on any atom is -0.489 e. The van der Waals surface area contributed by atoms with Gasteiger partial charge in [0.15, 0.2) is 23.0 Å². The molecule has 0 saturated carbocycles. The first-order valence-corrected chi connectivity index (χ1v) is 56.6. The normalized spacial score (nSPS) is 13.8. The van der Waals surface area contributed by atoms with Crippen molar-refractivity contribution in [1.82, 2.24) is 0 Å². The molecule has 0 radical (unpaired) electrons. The summed E-state index contributed by atoms with van der Waals surface area (Å²) in [4.78, 5) is 66.9. The predicted octanol–water partition coefficient (Wildman–Crippen LogP) is 39.7. The highest BCUT2D eigenvalue weighted by atomic mass is 35.5. The fourth-order valence-corrected chi connectivity index (χ4v) is 22.5. The zero-order valence-electron chi connectivity index (χ0n) is 84.7. The zero-order valence-corrected chi connectivity index (χ0v) is 87.7. The van der Waals surface area contributed by atoms with E-state index in [1.165, 1.54) is 344 Å². The number of imide groups is 2. The molecule has 4 atom stereocenters. The van der Waals surface area contributed by atoms with Gasteiger partial charge < -0.3 is 18.9 Å². The Kier molecular flexibility index (Phi) is 52.1. The average molecular weight is 1890 g/mol. The fourth-order valence-electron chi connectivity index (χ4n) is 21.3. The van der Waals surface area contributed by atoms with E-state index in [0.29, 0.717) is 139 Å². The Bertz CT molecular complexity index is 4140. The molecule has 132 heavy (non-hydrogen) atoms. The van der Waals surface area contributed by atoms with Crippen LogP contribution in [-0.2, 0) is 0 Å². The van der Waals surface area contributed by atoms with Gasteiger partial charge >= 0.3 is 0 Å². The molecular weight excluding hydrogens is 1720 g/mol. The molecule has 0 fully saturated rings. The Morgan fingerprint density at radius 2 is 0.371 bits per heavy atom. The molecule has 2 aliphatic heterocycles. The molecular formula is C118H178Cl4N2O8. The summed E-state index contributed by atoms with van der Waals surface area (Å²) in [6, 6.07) is 14.3. The maximum Gasteiger partial charge on any atom is 0.266 e. The Hall–Kier alpha value is -5.52. The van der Waals surface area contributed by atoms with Crippen molar-refractivity contribution in [2.45, 2.75) is 480 Å². The van der Waals surface area contributed by atoms with Crippen molar-refractivity contribution in [2.24, 2.45) is 23.7 Å². The van der Waals surface area contributed by atoms with Crippen molar-refractivity contribution in [3.05, 3.63) is 102 Å². The van der Waals surface area contributed by atoms with Crippen LogP contribution in [0, 0.1) is 37.5 Å². The number of halogens is 4. The summed E-state index contributed by atoms with van der Waals surface area (Å²) < 4.78 is 28.7. The lowest BCUT2D eigenvalue weighted by atomic mass is 9.81. The third-order valence-corrected chi connectivity index (χ3v) is 30.7.